The number of aliphatic hydroxyl groups excluding tert-OH is 1. The molecule has 3 aliphatic rings. The summed E-state index contributed by atoms with van der Waals surface area (Å²) in [5.41, 5.74) is 1.29. The summed E-state index contributed by atoms with van der Waals surface area (Å²) in [6.07, 6.45) is 9.05. The molecule has 0 radical (unpaired) electrons. The quantitative estimate of drug-likeness (QED) is 0.804. The molecule has 0 unspecified atom stereocenters. The topological polar surface area (TPSA) is 47.0 Å². The van der Waals surface area contributed by atoms with Gasteiger partial charge in [-0.25, -0.2) is 0 Å². The molecule has 1 heterocycles. The molecule has 3 rings (SSSR count). The maximum atomic E-state index is 12.8. The highest BCUT2D eigenvalue weighted by molar-refractivity contribution is 5.80. The number of hydrogen-bond donors (Lipinski definition) is 1. The van der Waals surface area contributed by atoms with Crippen molar-refractivity contribution in [3.8, 4) is 0 Å². The van der Waals surface area contributed by atoms with Crippen molar-refractivity contribution in [1.29, 1.82) is 0 Å². The number of aliphatic hydroxyl groups is 1. The van der Waals surface area contributed by atoms with Crippen molar-refractivity contribution >= 4 is 5.91 Å². The van der Waals surface area contributed by atoms with Gasteiger partial charge in [0.25, 0.3) is 0 Å². The number of β-amino-alcohol motifs (C(OH)–C–C–N with tert-alkyl or cyclic N) is 1. The minimum atomic E-state index is -0.272. The molecule has 1 atom stereocenters. The third-order valence-electron chi connectivity index (χ3n) is 5.10. The van der Waals surface area contributed by atoms with Crippen LogP contribution in [-0.2, 0) is 4.79 Å². The monoisotopic (exact) mass is 321 g/mol. The van der Waals surface area contributed by atoms with E-state index in [1.54, 1.807) is 0 Å². The molecule has 5 nitrogen and oxygen atoms in total. The Bertz CT molecular complexity index is 438. The van der Waals surface area contributed by atoms with Crippen molar-refractivity contribution in [1.82, 2.24) is 14.7 Å². The lowest BCUT2D eigenvalue weighted by Gasteiger charge is -2.36. The smallest absolute Gasteiger partial charge is 0.241 e. The molecule has 5 heteroatoms. The predicted octanol–water partition coefficient (Wildman–Crippen LogP) is 1.43. The number of carbonyl (C=O) groups is 1. The highest BCUT2D eigenvalue weighted by Crippen LogP contribution is 2.33. The van der Waals surface area contributed by atoms with E-state index >= 15 is 0 Å². The zero-order valence-corrected chi connectivity index (χ0v) is 14.4. The second-order valence-electron chi connectivity index (χ2n) is 7.36. The number of hydrogen-bond acceptors (Lipinski definition) is 4. The van der Waals surface area contributed by atoms with Crippen LogP contribution in [0.15, 0.2) is 11.8 Å². The van der Waals surface area contributed by atoms with E-state index in [1.165, 1.54) is 31.4 Å². The van der Waals surface area contributed by atoms with Gasteiger partial charge in [0.1, 0.15) is 0 Å². The van der Waals surface area contributed by atoms with E-state index in [2.05, 4.69) is 20.8 Å². The van der Waals surface area contributed by atoms with Gasteiger partial charge in [0.15, 0.2) is 0 Å². The molecule has 0 spiro atoms. The summed E-state index contributed by atoms with van der Waals surface area (Å²) in [7, 11) is 0. The Hall–Kier alpha value is -0.910. The van der Waals surface area contributed by atoms with Gasteiger partial charge in [-0.1, -0.05) is 6.08 Å². The zero-order chi connectivity index (χ0) is 16.2. The summed E-state index contributed by atoms with van der Waals surface area (Å²) in [5, 5.41) is 9.48. The van der Waals surface area contributed by atoms with E-state index in [0.29, 0.717) is 18.5 Å². The molecule has 2 fully saturated rings. The molecule has 0 bridgehead atoms. The van der Waals surface area contributed by atoms with E-state index in [9.17, 15) is 9.90 Å². The maximum absolute atomic E-state index is 12.8. The third-order valence-corrected chi connectivity index (χ3v) is 5.10. The maximum Gasteiger partial charge on any atom is 0.241 e. The standard InChI is InChI=1S/C18H31N3O2/c1-15(22)13-19-9-11-20(12-10-19)14-18(23)21(17-7-8-17)16-5-3-2-4-6-16/h5,15,17,22H,2-4,6-14H2,1H3/t15-/m1/s1. The SMILES string of the molecule is C[C@@H](O)CN1CCN(CC(=O)N(C2=CCCCC2)C2CC2)CC1. The van der Waals surface area contributed by atoms with Gasteiger partial charge < -0.3 is 10.0 Å². The van der Waals surface area contributed by atoms with E-state index in [-0.39, 0.29) is 6.10 Å². The van der Waals surface area contributed by atoms with Crippen molar-refractivity contribution in [2.75, 3.05) is 39.3 Å². The van der Waals surface area contributed by atoms with Crippen molar-refractivity contribution in [3.05, 3.63) is 11.8 Å². The summed E-state index contributed by atoms with van der Waals surface area (Å²) >= 11 is 0. The van der Waals surface area contributed by atoms with Crippen LogP contribution in [0.5, 0.6) is 0 Å². The van der Waals surface area contributed by atoms with Crippen molar-refractivity contribution in [2.45, 2.75) is 57.6 Å². The molecule has 0 aromatic carbocycles. The van der Waals surface area contributed by atoms with Gasteiger partial charge in [-0.3, -0.25) is 14.6 Å². The molecule has 1 N–H and O–H groups in total. The lowest BCUT2D eigenvalue weighted by Crippen LogP contribution is -2.51. The van der Waals surface area contributed by atoms with Crippen molar-refractivity contribution < 1.29 is 9.90 Å². The lowest BCUT2D eigenvalue weighted by molar-refractivity contribution is -0.131. The summed E-state index contributed by atoms with van der Waals surface area (Å²) in [6, 6.07) is 0.475. The van der Waals surface area contributed by atoms with Gasteiger partial charge in [0.2, 0.25) is 5.91 Å². The highest BCUT2D eigenvalue weighted by Gasteiger charge is 2.35. The Morgan fingerprint density at radius 3 is 2.52 bits per heavy atom. The second kappa shape index (κ2) is 7.77. The van der Waals surface area contributed by atoms with Crippen LogP contribution in [0.1, 0.15) is 45.4 Å². The van der Waals surface area contributed by atoms with Gasteiger partial charge in [0, 0.05) is 44.5 Å². The molecule has 0 aromatic rings. The normalized spacial score (nSPS) is 25.0. The first-order valence-electron chi connectivity index (χ1n) is 9.27. The fraction of sp³-hybridized carbons (Fsp3) is 0.833. The first kappa shape index (κ1) is 16.9. The average Bonchev–Trinajstić information content (AvgIpc) is 3.35. The van der Waals surface area contributed by atoms with Gasteiger partial charge in [-0.2, -0.15) is 0 Å². The highest BCUT2D eigenvalue weighted by atomic mass is 16.3. The number of piperazine rings is 1. The molecule has 1 saturated heterocycles. The Balaban J connectivity index is 1.51. The van der Waals surface area contributed by atoms with Crippen molar-refractivity contribution in [2.24, 2.45) is 0 Å². The first-order valence-corrected chi connectivity index (χ1v) is 9.27. The Kier molecular flexibility index (Phi) is 5.72. The van der Waals surface area contributed by atoms with Crippen LogP contribution in [0, 0.1) is 0 Å². The largest absolute Gasteiger partial charge is 0.392 e. The second-order valence-corrected chi connectivity index (χ2v) is 7.36. The molecular weight excluding hydrogens is 290 g/mol. The zero-order valence-electron chi connectivity index (χ0n) is 14.4. The van der Waals surface area contributed by atoms with Crippen LogP contribution in [-0.4, -0.2) is 77.1 Å². The van der Waals surface area contributed by atoms with Crippen LogP contribution >= 0.6 is 0 Å². The fourth-order valence-electron chi connectivity index (χ4n) is 3.74. The molecular formula is C18H31N3O2. The fourth-order valence-corrected chi connectivity index (χ4v) is 3.74. The average molecular weight is 321 g/mol. The lowest BCUT2D eigenvalue weighted by atomic mass is 10.0. The van der Waals surface area contributed by atoms with Crippen LogP contribution in [0.4, 0.5) is 0 Å². The van der Waals surface area contributed by atoms with Gasteiger partial charge in [-0.05, 0) is 45.4 Å². The molecule has 0 aromatic heterocycles. The van der Waals surface area contributed by atoms with E-state index < -0.39 is 0 Å². The Morgan fingerprint density at radius 1 is 1.26 bits per heavy atom. The summed E-state index contributed by atoms with van der Waals surface area (Å²) in [5.74, 6) is 0.296. The molecule has 2 aliphatic carbocycles. The van der Waals surface area contributed by atoms with Crippen LogP contribution < -0.4 is 0 Å². The number of carbonyl (C=O) groups excluding carboxylic acids is 1. The predicted molar refractivity (Wildman–Crippen MR) is 91.0 cm³/mol. The van der Waals surface area contributed by atoms with Gasteiger partial charge >= 0.3 is 0 Å². The molecule has 23 heavy (non-hydrogen) atoms. The Labute approximate surface area is 139 Å². The number of nitrogens with zero attached hydrogens (tertiary/aromatic N) is 3. The summed E-state index contributed by atoms with van der Waals surface area (Å²) in [4.78, 5) is 19.5. The minimum Gasteiger partial charge on any atom is -0.392 e. The van der Waals surface area contributed by atoms with Crippen LogP contribution in [0.3, 0.4) is 0 Å². The van der Waals surface area contributed by atoms with E-state index in [1.807, 2.05) is 6.92 Å². The molecule has 1 saturated carbocycles. The number of amides is 1. The number of rotatable bonds is 6. The van der Waals surface area contributed by atoms with Crippen LogP contribution in [0.25, 0.3) is 0 Å². The Morgan fingerprint density at radius 2 is 1.96 bits per heavy atom. The third kappa shape index (κ3) is 4.78. The summed E-state index contributed by atoms with van der Waals surface area (Å²) in [6.45, 7) is 6.88. The van der Waals surface area contributed by atoms with Crippen LogP contribution in [0.2, 0.25) is 0 Å². The molecule has 1 aliphatic heterocycles. The molecule has 130 valence electrons. The summed E-state index contributed by atoms with van der Waals surface area (Å²) < 4.78 is 0. The van der Waals surface area contributed by atoms with E-state index in [0.717, 1.165) is 45.6 Å². The minimum absolute atomic E-state index is 0.272. The number of allylic oxidation sites excluding steroid dienone is 2. The first-order chi connectivity index (χ1) is 11.1. The van der Waals surface area contributed by atoms with Crippen molar-refractivity contribution in [3.63, 3.8) is 0 Å². The van der Waals surface area contributed by atoms with Gasteiger partial charge in [-0.15, -0.1) is 0 Å². The van der Waals surface area contributed by atoms with E-state index in [4.69, 9.17) is 0 Å². The molecule has 1 amide bonds. The van der Waals surface area contributed by atoms with Gasteiger partial charge in [0.05, 0.1) is 12.6 Å².